The first-order chi connectivity index (χ1) is 17.3. The molecule has 0 amide bonds. The Morgan fingerprint density at radius 2 is 1.28 bits per heavy atom. The lowest BCUT2D eigenvalue weighted by Crippen LogP contribution is -1.99. The molecule has 0 aliphatic carbocycles. The molecule has 0 atom stereocenters. The highest BCUT2D eigenvalue weighted by Crippen LogP contribution is 2.43. The van der Waals surface area contributed by atoms with Gasteiger partial charge in [-0.1, -0.05) is 48.5 Å². The Balaban J connectivity index is 1.63. The van der Waals surface area contributed by atoms with Crippen molar-refractivity contribution in [2.45, 2.75) is 4.90 Å². The van der Waals surface area contributed by atoms with Gasteiger partial charge in [0.25, 0.3) is 10.1 Å². The van der Waals surface area contributed by atoms with E-state index in [0.717, 1.165) is 5.39 Å². The van der Waals surface area contributed by atoms with Crippen LogP contribution in [-0.2, 0) is 10.1 Å². The van der Waals surface area contributed by atoms with Crippen molar-refractivity contribution in [2.75, 3.05) is 5.73 Å². The molecule has 0 saturated heterocycles. The third-order valence-electron chi connectivity index (χ3n) is 5.52. The first-order valence-electron chi connectivity index (χ1n) is 10.7. The van der Waals surface area contributed by atoms with Gasteiger partial charge in [0.2, 0.25) is 0 Å². The molecule has 0 saturated carbocycles. The molecule has 9 nitrogen and oxygen atoms in total. The second kappa shape index (κ2) is 9.17. The van der Waals surface area contributed by atoms with Gasteiger partial charge in [0.1, 0.15) is 10.6 Å². The maximum absolute atomic E-state index is 12.1. The third-order valence-corrected chi connectivity index (χ3v) is 6.39. The van der Waals surface area contributed by atoms with Crippen LogP contribution >= 0.6 is 0 Å². The number of hydrogen-bond acceptors (Lipinski definition) is 8. The summed E-state index contributed by atoms with van der Waals surface area (Å²) in [6, 6.07) is 25.8. The Labute approximate surface area is 206 Å². The van der Waals surface area contributed by atoms with E-state index in [2.05, 4.69) is 20.5 Å². The van der Waals surface area contributed by atoms with Gasteiger partial charge in [-0.25, -0.2) is 0 Å². The van der Waals surface area contributed by atoms with Crippen molar-refractivity contribution in [1.29, 1.82) is 0 Å². The molecule has 10 heteroatoms. The van der Waals surface area contributed by atoms with Crippen LogP contribution in [0.4, 0.5) is 28.4 Å². The van der Waals surface area contributed by atoms with Crippen molar-refractivity contribution in [3.63, 3.8) is 0 Å². The molecule has 5 aromatic rings. The second-order valence-corrected chi connectivity index (χ2v) is 9.30. The lowest BCUT2D eigenvalue weighted by molar-refractivity contribution is 0.472. The molecule has 0 radical (unpaired) electrons. The van der Waals surface area contributed by atoms with Crippen LogP contribution < -0.4 is 5.73 Å². The van der Waals surface area contributed by atoms with Crippen LogP contribution in [0, 0.1) is 0 Å². The quantitative estimate of drug-likeness (QED) is 0.132. The minimum Gasteiger partial charge on any atom is -0.505 e. The number of hydrogen-bond donors (Lipinski definition) is 3. The summed E-state index contributed by atoms with van der Waals surface area (Å²) in [4.78, 5) is -0.571. The highest BCUT2D eigenvalue weighted by atomic mass is 32.2. The average molecular weight is 498 g/mol. The molecule has 178 valence electrons. The van der Waals surface area contributed by atoms with Crippen molar-refractivity contribution in [3.05, 3.63) is 91.0 Å². The van der Waals surface area contributed by atoms with Crippen LogP contribution in [0.15, 0.2) is 116 Å². The standard InChI is InChI=1S/C26H19N5O4S/c27-17-11-10-16-14-24(36(33,34)35)25(26(32)21(16)15-17)31-30-23-13-12-22(19-8-4-5-9-20(19)23)29-28-18-6-2-1-3-7-18/h1-15,32H,27H2,(H,33,34,35). The predicted molar refractivity (Wildman–Crippen MR) is 139 cm³/mol. The van der Waals surface area contributed by atoms with E-state index >= 15 is 0 Å². The Morgan fingerprint density at radius 1 is 0.667 bits per heavy atom. The minimum atomic E-state index is -4.72. The molecular weight excluding hydrogens is 478 g/mol. The molecule has 0 aliphatic heterocycles. The number of benzene rings is 5. The zero-order valence-electron chi connectivity index (χ0n) is 18.6. The molecule has 0 heterocycles. The van der Waals surface area contributed by atoms with Gasteiger partial charge >= 0.3 is 0 Å². The van der Waals surface area contributed by atoms with Crippen molar-refractivity contribution < 1.29 is 18.1 Å². The number of nitrogen functional groups attached to an aromatic ring is 1. The first-order valence-corrected chi connectivity index (χ1v) is 12.2. The fourth-order valence-corrected chi connectivity index (χ4v) is 4.46. The van der Waals surface area contributed by atoms with Gasteiger partial charge in [-0.15, -0.1) is 15.3 Å². The van der Waals surface area contributed by atoms with Crippen LogP contribution in [0.25, 0.3) is 21.5 Å². The van der Waals surface area contributed by atoms with Gasteiger partial charge in [-0.2, -0.15) is 13.5 Å². The van der Waals surface area contributed by atoms with E-state index in [4.69, 9.17) is 5.73 Å². The molecule has 0 aliphatic rings. The number of aromatic hydroxyl groups is 1. The zero-order chi connectivity index (χ0) is 25.3. The van der Waals surface area contributed by atoms with E-state index in [1.54, 1.807) is 18.2 Å². The van der Waals surface area contributed by atoms with Crippen LogP contribution in [0.3, 0.4) is 0 Å². The van der Waals surface area contributed by atoms with Gasteiger partial charge in [0, 0.05) is 21.8 Å². The van der Waals surface area contributed by atoms with Crippen LogP contribution in [0.5, 0.6) is 5.75 Å². The fraction of sp³-hybridized carbons (Fsp3) is 0. The fourth-order valence-electron chi connectivity index (χ4n) is 3.80. The number of nitrogens with two attached hydrogens (primary N) is 1. The summed E-state index contributed by atoms with van der Waals surface area (Å²) in [5.74, 6) is -0.464. The molecule has 5 rings (SSSR count). The molecular formula is C26H19N5O4S. The number of anilines is 1. The third kappa shape index (κ3) is 4.50. The number of phenolic OH excluding ortho intramolecular Hbond substituents is 1. The summed E-state index contributed by atoms with van der Waals surface area (Å²) in [5, 5.41) is 29.8. The minimum absolute atomic E-state index is 0.276. The molecule has 5 aromatic carbocycles. The number of azo groups is 2. The Hall–Kier alpha value is -4.67. The number of phenols is 1. The lowest BCUT2D eigenvalue weighted by atomic mass is 10.1. The Morgan fingerprint density at radius 3 is 1.92 bits per heavy atom. The van der Waals surface area contributed by atoms with E-state index in [9.17, 15) is 18.1 Å². The molecule has 36 heavy (non-hydrogen) atoms. The van der Waals surface area contributed by atoms with E-state index in [1.165, 1.54) is 18.2 Å². The van der Waals surface area contributed by atoms with Crippen LogP contribution in [0.1, 0.15) is 0 Å². The number of nitrogens with zero attached hydrogens (tertiary/aromatic N) is 4. The second-order valence-electron chi connectivity index (χ2n) is 7.91. The maximum Gasteiger partial charge on any atom is 0.296 e. The predicted octanol–water partition coefficient (Wildman–Crippen LogP) is 7.36. The highest BCUT2D eigenvalue weighted by Gasteiger charge is 2.22. The van der Waals surface area contributed by atoms with Gasteiger partial charge in [-0.3, -0.25) is 4.55 Å². The van der Waals surface area contributed by atoms with Crippen LogP contribution in [0.2, 0.25) is 0 Å². The molecule has 4 N–H and O–H groups in total. The average Bonchev–Trinajstić information content (AvgIpc) is 2.87. The Kier molecular flexibility index (Phi) is 5.88. The topological polar surface area (TPSA) is 150 Å². The largest absolute Gasteiger partial charge is 0.505 e. The van der Waals surface area contributed by atoms with Gasteiger partial charge in [0.15, 0.2) is 5.75 Å². The van der Waals surface area contributed by atoms with Crippen LogP contribution in [-0.4, -0.2) is 18.1 Å². The monoisotopic (exact) mass is 497 g/mol. The smallest absolute Gasteiger partial charge is 0.296 e. The first kappa shape index (κ1) is 23.1. The molecule has 0 fully saturated rings. The molecule has 0 aromatic heterocycles. The summed E-state index contributed by atoms with van der Waals surface area (Å²) < 4.78 is 33.9. The SMILES string of the molecule is Nc1ccc2cc(S(=O)(=O)O)c(N=Nc3ccc(N=Nc4ccccc4)c4ccccc34)c(O)c2c1. The van der Waals surface area contributed by atoms with Crippen molar-refractivity contribution >= 4 is 60.1 Å². The summed E-state index contributed by atoms with van der Waals surface area (Å²) in [7, 11) is -4.72. The summed E-state index contributed by atoms with van der Waals surface area (Å²) in [6.07, 6.45) is 0. The number of rotatable bonds is 5. The van der Waals surface area contributed by atoms with Gasteiger partial charge in [-0.05, 0) is 47.9 Å². The van der Waals surface area contributed by atoms with E-state index in [1.807, 2.05) is 54.6 Å². The van der Waals surface area contributed by atoms with E-state index in [-0.39, 0.29) is 5.39 Å². The summed E-state index contributed by atoms with van der Waals surface area (Å²) in [6.45, 7) is 0. The van der Waals surface area contributed by atoms with E-state index in [0.29, 0.717) is 33.5 Å². The van der Waals surface area contributed by atoms with Crippen molar-refractivity contribution in [1.82, 2.24) is 0 Å². The van der Waals surface area contributed by atoms with Crippen molar-refractivity contribution in [2.24, 2.45) is 20.5 Å². The van der Waals surface area contributed by atoms with E-state index < -0.39 is 26.5 Å². The number of fused-ring (bicyclic) bond motifs is 2. The molecule has 0 bridgehead atoms. The highest BCUT2D eigenvalue weighted by molar-refractivity contribution is 7.86. The summed E-state index contributed by atoms with van der Waals surface area (Å²) in [5.41, 5.74) is 7.50. The zero-order valence-corrected chi connectivity index (χ0v) is 19.5. The molecule has 0 spiro atoms. The Bertz CT molecular complexity index is 1790. The van der Waals surface area contributed by atoms with Crippen molar-refractivity contribution in [3.8, 4) is 5.75 Å². The van der Waals surface area contributed by atoms with Gasteiger partial charge in [0.05, 0.1) is 17.1 Å². The molecule has 0 unspecified atom stereocenters. The lowest BCUT2D eigenvalue weighted by Gasteiger charge is -2.09. The van der Waals surface area contributed by atoms with Gasteiger partial charge < -0.3 is 10.8 Å². The summed E-state index contributed by atoms with van der Waals surface area (Å²) >= 11 is 0. The normalized spacial score (nSPS) is 12.2. The maximum atomic E-state index is 12.1.